The number of nitrogens with zero attached hydrogens (tertiary/aromatic N) is 3. The van der Waals surface area contributed by atoms with Crippen LogP contribution >= 0.6 is 23.1 Å². The maximum absolute atomic E-state index is 12.3. The number of anilines is 1. The molecule has 1 atom stereocenters. The van der Waals surface area contributed by atoms with E-state index in [1.165, 1.54) is 16.1 Å². The third kappa shape index (κ3) is 6.20. The van der Waals surface area contributed by atoms with Crippen LogP contribution < -0.4 is 5.32 Å². The third-order valence-electron chi connectivity index (χ3n) is 3.48. The monoisotopic (exact) mass is 408 g/mol. The van der Waals surface area contributed by atoms with E-state index >= 15 is 0 Å². The third-order valence-corrected chi connectivity index (χ3v) is 6.69. The molecule has 1 N–H and O–H groups in total. The number of esters is 1. The number of thioether (sulfide) groups is 1. The lowest BCUT2D eigenvalue weighted by Crippen LogP contribution is -2.43. The number of piperidine rings is 1. The molecule has 25 heavy (non-hydrogen) atoms. The van der Waals surface area contributed by atoms with Crippen LogP contribution in [0.5, 0.6) is 0 Å². The molecule has 1 aliphatic heterocycles. The van der Waals surface area contributed by atoms with Crippen LogP contribution in [0.25, 0.3) is 0 Å². The SMILES string of the molecule is CCOC(=O)CSc1nnc(NC(=O)C2CCCN(S(C)(=O)=O)C2)s1. The molecule has 1 saturated heterocycles. The lowest BCUT2D eigenvalue weighted by Gasteiger charge is -2.29. The molecule has 0 radical (unpaired) electrons. The minimum absolute atomic E-state index is 0.127. The number of carbonyl (C=O) groups excluding carboxylic acids is 2. The van der Waals surface area contributed by atoms with E-state index in [0.717, 1.165) is 17.6 Å². The van der Waals surface area contributed by atoms with Crippen molar-refractivity contribution in [3.8, 4) is 0 Å². The van der Waals surface area contributed by atoms with Crippen LogP contribution in [0.15, 0.2) is 4.34 Å². The normalized spacial score (nSPS) is 18.7. The van der Waals surface area contributed by atoms with Gasteiger partial charge in [0.05, 0.1) is 24.5 Å². The number of aromatic nitrogens is 2. The molecule has 1 unspecified atom stereocenters. The fourth-order valence-corrected chi connectivity index (χ4v) is 4.77. The van der Waals surface area contributed by atoms with Crippen LogP contribution in [-0.2, 0) is 24.3 Å². The molecule has 0 spiro atoms. The average molecular weight is 409 g/mol. The minimum atomic E-state index is -3.30. The van der Waals surface area contributed by atoms with Gasteiger partial charge in [-0.05, 0) is 19.8 Å². The lowest BCUT2D eigenvalue weighted by atomic mass is 9.99. The molecular weight excluding hydrogens is 388 g/mol. The van der Waals surface area contributed by atoms with Gasteiger partial charge in [0.15, 0.2) is 4.34 Å². The fraction of sp³-hybridized carbons (Fsp3) is 0.692. The number of hydrogen-bond donors (Lipinski definition) is 1. The second-order valence-electron chi connectivity index (χ2n) is 5.42. The molecule has 1 fully saturated rings. The van der Waals surface area contributed by atoms with Gasteiger partial charge >= 0.3 is 5.97 Å². The molecule has 0 aliphatic carbocycles. The summed E-state index contributed by atoms with van der Waals surface area (Å²) in [6.07, 6.45) is 2.41. The number of rotatable bonds is 7. The smallest absolute Gasteiger partial charge is 0.316 e. The molecule has 1 aromatic heterocycles. The average Bonchev–Trinajstić information content (AvgIpc) is 3.00. The highest BCUT2D eigenvalue weighted by Crippen LogP contribution is 2.27. The first-order valence-electron chi connectivity index (χ1n) is 7.67. The first-order chi connectivity index (χ1) is 11.8. The number of hydrogen-bond acceptors (Lipinski definition) is 9. The molecular formula is C13H20N4O5S3. The molecule has 0 bridgehead atoms. The van der Waals surface area contributed by atoms with Crippen molar-refractivity contribution in [2.75, 3.05) is 37.0 Å². The van der Waals surface area contributed by atoms with E-state index in [-0.39, 0.29) is 24.2 Å². The minimum Gasteiger partial charge on any atom is -0.465 e. The Balaban J connectivity index is 1.87. The van der Waals surface area contributed by atoms with E-state index in [2.05, 4.69) is 15.5 Å². The maximum atomic E-state index is 12.3. The Kier molecular flexibility index (Phi) is 7.16. The van der Waals surface area contributed by atoms with Gasteiger partial charge in [0, 0.05) is 13.1 Å². The second kappa shape index (κ2) is 8.92. The van der Waals surface area contributed by atoms with Gasteiger partial charge in [-0.1, -0.05) is 23.1 Å². The Morgan fingerprint density at radius 3 is 2.88 bits per heavy atom. The Morgan fingerprint density at radius 1 is 1.44 bits per heavy atom. The zero-order valence-electron chi connectivity index (χ0n) is 13.9. The van der Waals surface area contributed by atoms with Crippen LogP contribution in [0.2, 0.25) is 0 Å². The Morgan fingerprint density at radius 2 is 2.20 bits per heavy atom. The van der Waals surface area contributed by atoms with Crippen molar-refractivity contribution in [3.05, 3.63) is 0 Å². The first-order valence-corrected chi connectivity index (χ1v) is 11.3. The van der Waals surface area contributed by atoms with Gasteiger partial charge < -0.3 is 10.1 Å². The molecule has 1 aromatic rings. The van der Waals surface area contributed by atoms with Gasteiger partial charge in [-0.15, -0.1) is 10.2 Å². The van der Waals surface area contributed by atoms with Crippen LogP contribution in [0.3, 0.4) is 0 Å². The summed E-state index contributed by atoms with van der Waals surface area (Å²) in [4.78, 5) is 23.6. The fourth-order valence-electron chi connectivity index (χ4n) is 2.31. The summed E-state index contributed by atoms with van der Waals surface area (Å²) in [5.41, 5.74) is 0. The van der Waals surface area contributed by atoms with Gasteiger partial charge in [0.2, 0.25) is 21.1 Å². The van der Waals surface area contributed by atoms with Gasteiger partial charge in [0.25, 0.3) is 0 Å². The van der Waals surface area contributed by atoms with Crippen molar-refractivity contribution in [2.45, 2.75) is 24.1 Å². The Hall–Kier alpha value is -1.24. The summed E-state index contributed by atoms with van der Waals surface area (Å²) >= 11 is 2.35. The highest BCUT2D eigenvalue weighted by Gasteiger charge is 2.30. The van der Waals surface area contributed by atoms with Gasteiger partial charge in [-0.2, -0.15) is 0 Å². The standard InChI is InChI=1S/C13H20N4O5S3/c1-3-22-10(18)8-23-13-16-15-12(24-13)14-11(19)9-5-4-6-17(7-9)25(2,20)21/h9H,3-8H2,1-2H3,(H,14,15,19). The van der Waals surface area contributed by atoms with E-state index in [1.807, 2.05) is 0 Å². The second-order valence-corrected chi connectivity index (χ2v) is 9.60. The van der Waals surface area contributed by atoms with E-state index in [9.17, 15) is 18.0 Å². The summed E-state index contributed by atoms with van der Waals surface area (Å²) in [7, 11) is -3.30. The van der Waals surface area contributed by atoms with Crippen LogP contribution in [0, 0.1) is 5.92 Å². The number of ether oxygens (including phenoxy) is 1. The van der Waals surface area contributed by atoms with E-state index in [1.54, 1.807) is 6.92 Å². The zero-order chi connectivity index (χ0) is 18.4. The number of carbonyl (C=O) groups is 2. The molecule has 2 heterocycles. The van der Waals surface area contributed by atoms with Crippen molar-refractivity contribution >= 4 is 50.1 Å². The van der Waals surface area contributed by atoms with Crippen molar-refractivity contribution in [1.82, 2.24) is 14.5 Å². The predicted octanol–water partition coefficient (Wildman–Crippen LogP) is 0.803. The molecule has 140 valence electrons. The molecule has 1 aliphatic rings. The molecule has 12 heteroatoms. The predicted molar refractivity (Wildman–Crippen MR) is 95.0 cm³/mol. The Labute approximate surface area is 154 Å². The summed E-state index contributed by atoms with van der Waals surface area (Å²) < 4.78 is 29.9. The van der Waals surface area contributed by atoms with E-state index in [4.69, 9.17) is 4.74 Å². The van der Waals surface area contributed by atoms with Gasteiger partial charge in [-0.25, -0.2) is 12.7 Å². The van der Waals surface area contributed by atoms with Crippen LogP contribution in [0.4, 0.5) is 5.13 Å². The molecule has 2 rings (SSSR count). The lowest BCUT2D eigenvalue weighted by molar-refractivity contribution is -0.139. The maximum Gasteiger partial charge on any atom is 0.316 e. The number of amides is 1. The number of sulfonamides is 1. The topological polar surface area (TPSA) is 119 Å². The number of nitrogens with one attached hydrogen (secondary N) is 1. The summed E-state index contributed by atoms with van der Waals surface area (Å²) in [5, 5.41) is 10.8. The first kappa shape index (κ1) is 20.1. The quantitative estimate of drug-likeness (QED) is 0.400. The van der Waals surface area contributed by atoms with Crippen molar-refractivity contribution in [2.24, 2.45) is 5.92 Å². The van der Waals surface area contributed by atoms with Gasteiger partial charge in [0.1, 0.15) is 0 Å². The highest BCUT2D eigenvalue weighted by atomic mass is 32.2. The van der Waals surface area contributed by atoms with Crippen molar-refractivity contribution in [1.29, 1.82) is 0 Å². The van der Waals surface area contributed by atoms with Crippen molar-refractivity contribution in [3.63, 3.8) is 0 Å². The Bertz CT molecular complexity index is 721. The van der Waals surface area contributed by atoms with E-state index in [0.29, 0.717) is 35.5 Å². The van der Waals surface area contributed by atoms with Crippen LogP contribution in [-0.4, -0.2) is 66.5 Å². The molecule has 0 aromatic carbocycles. The highest BCUT2D eigenvalue weighted by molar-refractivity contribution is 8.01. The van der Waals surface area contributed by atoms with Crippen LogP contribution in [0.1, 0.15) is 19.8 Å². The molecule has 0 saturated carbocycles. The van der Waals surface area contributed by atoms with Crippen molar-refractivity contribution < 1.29 is 22.7 Å². The summed E-state index contributed by atoms with van der Waals surface area (Å²) in [6.45, 7) is 2.67. The molecule has 1 amide bonds. The summed E-state index contributed by atoms with van der Waals surface area (Å²) in [5.74, 6) is -0.895. The molecule has 9 nitrogen and oxygen atoms in total. The zero-order valence-corrected chi connectivity index (χ0v) is 16.4. The summed E-state index contributed by atoms with van der Waals surface area (Å²) in [6, 6.07) is 0. The largest absolute Gasteiger partial charge is 0.465 e. The van der Waals surface area contributed by atoms with E-state index < -0.39 is 15.9 Å². The van der Waals surface area contributed by atoms with Gasteiger partial charge in [-0.3, -0.25) is 9.59 Å².